The smallest absolute Gasteiger partial charge is 0.344 e. The van der Waals surface area contributed by atoms with Gasteiger partial charge in [0.15, 0.2) is 13.2 Å². The first-order chi connectivity index (χ1) is 13.4. The van der Waals surface area contributed by atoms with Gasteiger partial charge in [0.25, 0.3) is 5.91 Å². The zero-order valence-electron chi connectivity index (χ0n) is 15.6. The first-order valence-electron chi connectivity index (χ1n) is 8.48. The Bertz CT molecular complexity index is 842. The third-order valence-corrected chi connectivity index (χ3v) is 4.12. The van der Waals surface area contributed by atoms with E-state index in [4.69, 9.17) is 21.1 Å². The summed E-state index contributed by atoms with van der Waals surface area (Å²) in [5.74, 6) is -1.20. The molecule has 0 aliphatic carbocycles. The minimum Gasteiger partial charge on any atom is -0.480 e. The molecular formula is C20H21ClN2O5. The van der Waals surface area contributed by atoms with Gasteiger partial charge in [0.2, 0.25) is 5.91 Å². The summed E-state index contributed by atoms with van der Waals surface area (Å²) < 4.78 is 10.2. The fourth-order valence-electron chi connectivity index (χ4n) is 2.24. The summed E-state index contributed by atoms with van der Waals surface area (Å²) in [4.78, 5) is 36.0. The molecule has 0 aromatic heterocycles. The summed E-state index contributed by atoms with van der Waals surface area (Å²) in [6.07, 6.45) is 0. The van der Waals surface area contributed by atoms with Crippen LogP contribution in [0.1, 0.15) is 0 Å². The molecule has 0 aliphatic rings. The molecule has 0 fully saturated rings. The number of carbonyl (C=O) groups excluding carboxylic acids is 3. The van der Waals surface area contributed by atoms with Crippen LogP contribution in [-0.2, 0) is 19.1 Å². The second kappa shape index (κ2) is 10.3. The summed E-state index contributed by atoms with van der Waals surface area (Å²) in [5, 5.41) is 2.76. The topological polar surface area (TPSA) is 84.9 Å². The third kappa shape index (κ3) is 6.28. The van der Waals surface area contributed by atoms with Crippen molar-refractivity contribution in [2.45, 2.75) is 0 Å². The average Bonchev–Trinajstić information content (AvgIpc) is 2.71. The molecule has 0 spiro atoms. The lowest BCUT2D eigenvalue weighted by Gasteiger charge is -2.16. The van der Waals surface area contributed by atoms with Gasteiger partial charge in [-0.15, -0.1) is 0 Å². The highest BCUT2D eigenvalue weighted by atomic mass is 35.5. The molecule has 7 nitrogen and oxygen atoms in total. The standard InChI is InChI=1S/C20H21ClN2O5/c1-22-18(24)11-23(2)19(25)12-28-20(26)13-27-17-9-8-15(10-16(17)21)14-6-4-3-5-7-14/h3-10H,11-13H2,1-2H3,(H,22,24). The Morgan fingerprint density at radius 3 is 2.39 bits per heavy atom. The fourth-order valence-corrected chi connectivity index (χ4v) is 2.48. The molecule has 0 saturated carbocycles. The molecular weight excluding hydrogens is 384 g/mol. The predicted octanol–water partition coefficient (Wildman–Crippen LogP) is 2.13. The van der Waals surface area contributed by atoms with Gasteiger partial charge >= 0.3 is 5.97 Å². The fraction of sp³-hybridized carbons (Fsp3) is 0.250. The predicted molar refractivity (Wildman–Crippen MR) is 105 cm³/mol. The number of nitrogens with one attached hydrogen (secondary N) is 1. The van der Waals surface area contributed by atoms with Crippen LogP contribution in [0.25, 0.3) is 11.1 Å². The van der Waals surface area contributed by atoms with Gasteiger partial charge in [0, 0.05) is 14.1 Å². The first-order valence-corrected chi connectivity index (χ1v) is 8.86. The van der Waals surface area contributed by atoms with Crippen molar-refractivity contribution in [2.24, 2.45) is 0 Å². The summed E-state index contributed by atoms with van der Waals surface area (Å²) >= 11 is 6.22. The Morgan fingerprint density at radius 1 is 1.04 bits per heavy atom. The van der Waals surface area contributed by atoms with E-state index in [0.717, 1.165) is 16.0 Å². The number of amides is 2. The van der Waals surface area contributed by atoms with E-state index in [2.05, 4.69) is 5.32 Å². The number of halogens is 1. The van der Waals surface area contributed by atoms with Gasteiger partial charge < -0.3 is 19.7 Å². The third-order valence-electron chi connectivity index (χ3n) is 3.83. The lowest BCUT2D eigenvalue weighted by molar-refractivity contribution is -0.153. The second-order valence-electron chi connectivity index (χ2n) is 5.88. The number of rotatable bonds is 8. The summed E-state index contributed by atoms with van der Waals surface area (Å²) in [6, 6.07) is 14.9. The number of likely N-dealkylation sites (N-methyl/N-ethyl adjacent to an activating group) is 2. The van der Waals surface area contributed by atoms with Crippen LogP contribution >= 0.6 is 11.6 Å². The maximum Gasteiger partial charge on any atom is 0.344 e. The van der Waals surface area contributed by atoms with Gasteiger partial charge in [-0.05, 0) is 23.3 Å². The minimum atomic E-state index is -0.718. The summed E-state index contributed by atoms with van der Waals surface area (Å²) in [7, 11) is 2.91. The molecule has 0 bridgehead atoms. The highest BCUT2D eigenvalue weighted by Gasteiger charge is 2.15. The molecule has 0 aliphatic heterocycles. The normalized spacial score (nSPS) is 10.1. The molecule has 2 aromatic carbocycles. The van der Waals surface area contributed by atoms with Crippen LogP contribution in [-0.4, -0.2) is 56.5 Å². The van der Waals surface area contributed by atoms with Gasteiger partial charge in [0.05, 0.1) is 11.6 Å². The van der Waals surface area contributed by atoms with E-state index in [0.29, 0.717) is 10.8 Å². The van der Waals surface area contributed by atoms with E-state index in [1.165, 1.54) is 14.1 Å². The van der Waals surface area contributed by atoms with Crippen LogP contribution < -0.4 is 10.1 Å². The van der Waals surface area contributed by atoms with Crippen LogP contribution in [0.3, 0.4) is 0 Å². The van der Waals surface area contributed by atoms with E-state index < -0.39 is 25.1 Å². The van der Waals surface area contributed by atoms with Crippen molar-refractivity contribution in [1.82, 2.24) is 10.2 Å². The van der Waals surface area contributed by atoms with E-state index in [-0.39, 0.29) is 12.5 Å². The maximum absolute atomic E-state index is 11.8. The number of ether oxygens (including phenoxy) is 2. The number of benzene rings is 2. The second-order valence-corrected chi connectivity index (χ2v) is 6.29. The molecule has 2 amide bonds. The van der Waals surface area contributed by atoms with Crippen LogP contribution in [0.4, 0.5) is 0 Å². The highest BCUT2D eigenvalue weighted by Crippen LogP contribution is 2.30. The molecule has 0 unspecified atom stereocenters. The molecule has 148 valence electrons. The maximum atomic E-state index is 11.8. The quantitative estimate of drug-likeness (QED) is 0.681. The number of esters is 1. The van der Waals surface area contributed by atoms with E-state index >= 15 is 0 Å². The molecule has 0 heterocycles. The summed E-state index contributed by atoms with van der Waals surface area (Å²) in [6.45, 7) is -0.986. The van der Waals surface area contributed by atoms with Crippen molar-refractivity contribution in [1.29, 1.82) is 0 Å². The molecule has 0 atom stereocenters. The van der Waals surface area contributed by atoms with Crippen molar-refractivity contribution >= 4 is 29.4 Å². The Morgan fingerprint density at radius 2 is 1.75 bits per heavy atom. The first kappa shape index (κ1) is 21.2. The summed E-state index contributed by atoms with van der Waals surface area (Å²) in [5.41, 5.74) is 1.93. The number of hydrogen-bond acceptors (Lipinski definition) is 5. The zero-order valence-corrected chi connectivity index (χ0v) is 16.4. The van der Waals surface area contributed by atoms with Gasteiger partial charge in [0.1, 0.15) is 5.75 Å². The van der Waals surface area contributed by atoms with Crippen molar-refractivity contribution in [2.75, 3.05) is 33.9 Å². The largest absolute Gasteiger partial charge is 0.480 e. The molecule has 28 heavy (non-hydrogen) atoms. The van der Waals surface area contributed by atoms with Gasteiger partial charge in [-0.1, -0.05) is 48.0 Å². The monoisotopic (exact) mass is 404 g/mol. The SMILES string of the molecule is CNC(=O)CN(C)C(=O)COC(=O)COc1ccc(-c2ccccc2)cc1Cl. The zero-order chi connectivity index (χ0) is 20.5. The van der Waals surface area contributed by atoms with Crippen molar-refractivity contribution in [3.05, 3.63) is 53.6 Å². The molecule has 2 aromatic rings. The van der Waals surface area contributed by atoms with E-state index in [1.54, 1.807) is 12.1 Å². The van der Waals surface area contributed by atoms with Crippen LogP contribution in [0.2, 0.25) is 5.02 Å². The van der Waals surface area contributed by atoms with Crippen molar-refractivity contribution in [3.8, 4) is 16.9 Å². The number of nitrogens with zero attached hydrogens (tertiary/aromatic N) is 1. The number of hydrogen-bond donors (Lipinski definition) is 1. The Kier molecular flexibility index (Phi) is 7.83. The molecule has 0 radical (unpaired) electrons. The van der Waals surface area contributed by atoms with Gasteiger partial charge in [-0.3, -0.25) is 9.59 Å². The van der Waals surface area contributed by atoms with Crippen LogP contribution in [0, 0.1) is 0 Å². The van der Waals surface area contributed by atoms with E-state index in [9.17, 15) is 14.4 Å². The number of carbonyl (C=O) groups is 3. The Labute approximate surface area is 168 Å². The molecule has 1 N–H and O–H groups in total. The van der Waals surface area contributed by atoms with Crippen LogP contribution in [0.5, 0.6) is 5.75 Å². The van der Waals surface area contributed by atoms with Crippen LogP contribution in [0.15, 0.2) is 48.5 Å². The van der Waals surface area contributed by atoms with E-state index in [1.807, 2.05) is 36.4 Å². The minimum absolute atomic E-state index is 0.118. The van der Waals surface area contributed by atoms with Crippen molar-refractivity contribution < 1.29 is 23.9 Å². The van der Waals surface area contributed by atoms with Gasteiger partial charge in [-0.25, -0.2) is 4.79 Å². The highest BCUT2D eigenvalue weighted by molar-refractivity contribution is 6.32. The molecule has 0 saturated heterocycles. The lowest BCUT2D eigenvalue weighted by Crippen LogP contribution is -2.39. The Hall–Kier alpha value is -3.06. The molecule has 2 rings (SSSR count). The molecule has 8 heteroatoms. The Balaban J connectivity index is 1.82. The average molecular weight is 405 g/mol. The van der Waals surface area contributed by atoms with Crippen molar-refractivity contribution in [3.63, 3.8) is 0 Å². The lowest BCUT2D eigenvalue weighted by atomic mass is 10.1. The van der Waals surface area contributed by atoms with Gasteiger partial charge in [-0.2, -0.15) is 0 Å².